The van der Waals surface area contributed by atoms with Gasteiger partial charge in [0.15, 0.2) is 5.78 Å². The third-order valence-corrected chi connectivity index (χ3v) is 3.08. The van der Waals surface area contributed by atoms with Crippen molar-refractivity contribution in [3.8, 4) is 0 Å². The zero-order chi connectivity index (χ0) is 12.3. The Kier molecular flexibility index (Phi) is 3.86. The highest BCUT2D eigenvalue weighted by Crippen LogP contribution is 2.10. The molecular weight excluding hydrogens is 219 g/mol. The Morgan fingerprint density at radius 3 is 2.76 bits per heavy atom. The van der Waals surface area contributed by atoms with Crippen molar-refractivity contribution in [2.24, 2.45) is 5.73 Å². The van der Waals surface area contributed by atoms with Crippen molar-refractivity contribution >= 4 is 5.78 Å². The highest BCUT2D eigenvalue weighted by molar-refractivity contribution is 5.97. The first-order valence-corrected chi connectivity index (χ1v) is 5.92. The fourth-order valence-electron chi connectivity index (χ4n) is 2.17. The lowest BCUT2D eigenvalue weighted by Crippen LogP contribution is -2.44. The van der Waals surface area contributed by atoms with Gasteiger partial charge in [-0.15, -0.1) is 0 Å². The van der Waals surface area contributed by atoms with Gasteiger partial charge in [0.25, 0.3) is 0 Å². The summed E-state index contributed by atoms with van der Waals surface area (Å²) >= 11 is 0. The van der Waals surface area contributed by atoms with Crippen LogP contribution in [0.5, 0.6) is 0 Å². The van der Waals surface area contributed by atoms with Crippen LogP contribution in [0.4, 0.5) is 4.39 Å². The molecule has 0 aromatic heterocycles. The molecule has 1 saturated heterocycles. The molecular formula is C13H17FN2O. The normalized spacial score (nSPS) is 21.4. The van der Waals surface area contributed by atoms with Crippen molar-refractivity contribution in [1.29, 1.82) is 0 Å². The van der Waals surface area contributed by atoms with E-state index in [0.717, 1.165) is 25.9 Å². The monoisotopic (exact) mass is 236 g/mol. The molecule has 1 aromatic carbocycles. The van der Waals surface area contributed by atoms with E-state index in [1.807, 2.05) is 0 Å². The number of nitrogens with two attached hydrogens (primary N) is 1. The molecule has 0 bridgehead atoms. The standard InChI is InChI=1S/C13H17FN2O/c14-11-5-3-10(4-6-11)13(17)9-16-7-1-2-12(15)8-16/h3-6,12H,1-2,7-9,15H2/t12-/m1/s1. The maximum Gasteiger partial charge on any atom is 0.176 e. The fourth-order valence-corrected chi connectivity index (χ4v) is 2.17. The zero-order valence-electron chi connectivity index (χ0n) is 9.73. The molecule has 1 heterocycles. The first-order valence-electron chi connectivity index (χ1n) is 5.92. The van der Waals surface area contributed by atoms with Gasteiger partial charge in [-0.05, 0) is 43.7 Å². The van der Waals surface area contributed by atoms with Crippen LogP contribution in [-0.4, -0.2) is 36.4 Å². The number of carbonyl (C=O) groups is 1. The second-order valence-corrected chi connectivity index (χ2v) is 4.57. The average molecular weight is 236 g/mol. The van der Waals surface area contributed by atoms with Crippen molar-refractivity contribution in [2.75, 3.05) is 19.6 Å². The van der Waals surface area contributed by atoms with Crippen LogP contribution in [0.3, 0.4) is 0 Å². The molecule has 0 radical (unpaired) electrons. The predicted octanol–water partition coefficient (Wildman–Crippen LogP) is 1.43. The van der Waals surface area contributed by atoms with E-state index in [0.29, 0.717) is 12.1 Å². The van der Waals surface area contributed by atoms with Gasteiger partial charge in [0.2, 0.25) is 0 Å². The maximum atomic E-state index is 12.7. The summed E-state index contributed by atoms with van der Waals surface area (Å²) in [6, 6.07) is 5.86. The lowest BCUT2D eigenvalue weighted by molar-refractivity contribution is 0.0908. The Labute approximate surface area is 100 Å². The summed E-state index contributed by atoms with van der Waals surface area (Å²) in [5, 5.41) is 0. The van der Waals surface area contributed by atoms with Gasteiger partial charge >= 0.3 is 0 Å². The summed E-state index contributed by atoms with van der Waals surface area (Å²) in [4.78, 5) is 14.0. The average Bonchev–Trinajstić information content (AvgIpc) is 2.29. The van der Waals surface area contributed by atoms with Crippen LogP contribution in [0.15, 0.2) is 24.3 Å². The molecule has 1 fully saturated rings. The molecule has 2 rings (SSSR count). The fraction of sp³-hybridized carbons (Fsp3) is 0.462. The Bertz CT molecular complexity index is 391. The summed E-state index contributed by atoms with van der Waals surface area (Å²) in [5.41, 5.74) is 6.42. The number of rotatable bonds is 3. The summed E-state index contributed by atoms with van der Waals surface area (Å²) in [6.07, 6.45) is 2.07. The van der Waals surface area contributed by atoms with Crippen LogP contribution >= 0.6 is 0 Å². The highest BCUT2D eigenvalue weighted by atomic mass is 19.1. The Morgan fingerprint density at radius 2 is 2.12 bits per heavy atom. The topological polar surface area (TPSA) is 46.3 Å². The molecule has 0 spiro atoms. The lowest BCUT2D eigenvalue weighted by Gasteiger charge is -2.29. The molecule has 0 aliphatic carbocycles. The smallest absolute Gasteiger partial charge is 0.176 e. The number of halogens is 1. The number of hydrogen-bond donors (Lipinski definition) is 1. The van der Waals surface area contributed by atoms with Crippen molar-refractivity contribution in [3.63, 3.8) is 0 Å². The van der Waals surface area contributed by atoms with E-state index in [-0.39, 0.29) is 17.6 Å². The van der Waals surface area contributed by atoms with Gasteiger partial charge in [0.1, 0.15) is 5.82 Å². The van der Waals surface area contributed by atoms with E-state index in [9.17, 15) is 9.18 Å². The van der Waals surface area contributed by atoms with Crippen LogP contribution in [-0.2, 0) is 0 Å². The molecule has 1 aromatic rings. The van der Waals surface area contributed by atoms with Crippen LogP contribution in [0, 0.1) is 5.82 Å². The number of benzene rings is 1. The number of likely N-dealkylation sites (tertiary alicyclic amines) is 1. The minimum atomic E-state index is -0.318. The molecule has 4 heteroatoms. The van der Waals surface area contributed by atoms with Gasteiger partial charge in [-0.25, -0.2) is 4.39 Å². The SMILES string of the molecule is N[C@@H]1CCCN(CC(=O)c2ccc(F)cc2)C1. The van der Waals surface area contributed by atoms with E-state index in [2.05, 4.69) is 4.90 Å². The molecule has 0 saturated carbocycles. The van der Waals surface area contributed by atoms with Gasteiger partial charge in [-0.3, -0.25) is 9.69 Å². The second-order valence-electron chi connectivity index (χ2n) is 4.57. The Hall–Kier alpha value is -1.26. The van der Waals surface area contributed by atoms with Crippen LogP contribution < -0.4 is 5.73 Å². The van der Waals surface area contributed by atoms with Crippen LogP contribution in [0.1, 0.15) is 23.2 Å². The number of piperidine rings is 1. The summed E-state index contributed by atoms with van der Waals surface area (Å²) < 4.78 is 12.7. The first kappa shape index (κ1) is 12.2. The number of ketones is 1. The Balaban J connectivity index is 1.94. The van der Waals surface area contributed by atoms with Crippen LogP contribution in [0.2, 0.25) is 0 Å². The lowest BCUT2D eigenvalue weighted by atomic mass is 10.1. The zero-order valence-corrected chi connectivity index (χ0v) is 9.73. The molecule has 17 heavy (non-hydrogen) atoms. The minimum absolute atomic E-state index is 0.0269. The second kappa shape index (κ2) is 5.38. The molecule has 3 nitrogen and oxygen atoms in total. The van der Waals surface area contributed by atoms with Crippen molar-refractivity contribution in [1.82, 2.24) is 4.90 Å². The number of carbonyl (C=O) groups excluding carboxylic acids is 1. The van der Waals surface area contributed by atoms with E-state index in [1.165, 1.54) is 24.3 Å². The Morgan fingerprint density at radius 1 is 1.41 bits per heavy atom. The number of Topliss-reactive ketones (excluding diaryl/α,β-unsaturated/α-hetero) is 1. The molecule has 2 N–H and O–H groups in total. The summed E-state index contributed by atoms with van der Waals surface area (Å²) in [7, 11) is 0. The maximum absolute atomic E-state index is 12.7. The molecule has 1 aliphatic rings. The van der Waals surface area contributed by atoms with E-state index in [1.54, 1.807) is 0 Å². The largest absolute Gasteiger partial charge is 0.327 e. The van der Waals surface area contributed by atoms with Gasteiger partial charge < -0.3 is 5.73 Å². The predicted molar refractivity (Wildman–Crippen MR) is 64.4 cm³/mol. The third kappa shape index (κ3) is 3.35. The van der Waals surface area contributed by atoms with Crippen molar-refractivity contribution in [3.05, 3.63) is 35.6 Å². The van der Waals surface area contributed by atoms with E-state index >= 15 is 0 Å². The quantitative estimate of drug-likeness (QED) is 0.808. The van der Waals surface area contributed by atoms with E-state index in [4.69, 9.17) is 5.73 Å². The van der Waals surface area contributed by atoms with Gasteiger partial charge in [-0.1, -0.05) is 0 Å². The van der Waals surface area contributed by atoms with Crippen molar-refractivity contribution < 1.29 is 9.18 Å². The molecule has 1 atom stereocenters. The number of nitrogens with zero attached hydrogens (tertiary/aromatic N) is 1. The molecule has 0 unspecified atom stereocenters. The van der Waals surface area contributed by atoms with Gasteiger partial charge in [-0.2, -0.15) is 0 Å². The molecule has 92 valence electrons. The number of hydrogen-bond acceptors (Lipinski definition) is 3. The summed E-state index contributed by atoms with van der Waals surface area (Å²) in [5.74, 6) is -0.291. The first-order chi connectivity index (χ1) is 8.15. The van der Waals surface area contributed by atoms with Gasteiger partial charge in [0.05, 0.1) is 6.54 Å². The van der Waals surface area contributed by atoms with Crippen LogP contribution in [0.25, 0.3) is 0 Å². The minimum Gasteiger partial charge on any atom is -0.327 e. The van der Waals surface area contributed by atoms with E-state index < -0.39 is 0 Å². The van der Waals surface area contributed by atoms with Crippen molar-refractivity contribution in [2.45, 2.75) is 18.9 Å². The van der Waals surface area contributed by atoms with Gasteiger partial charge in [0, 0.05) is 18.2 Å². The third-order valence-electron chi connectivity index (χ3n) is 3.08. The summed E-state index contributed by atoms with van der Waals surface area (Å²) in [6.45, 7) is 2.06. The highest BCUT2D eigenvalue weighted by Gasteiger charge is 2.19. The molecule has 1 aliphatic heterocycles. The molecule has 0 amide bonds.